The van der Waals surface area contributed by atoms with E-state index in [2.05, 4.69) is 15.0 Å². The van der Waals surface area contributed by atoms with Crippen LogP contribution in [0.2, 0.25) is 0 Å². The molecule has 136 valence electrons. The number of methoxy groups -OCH3 is 1. The zero-order chi connectivity index (χ0) is 19.0. The Morgan fingerprint density at radius 2 is 2.12 bits per heavy atom. The number of esters is 1. The third-order valence-corrected chi connectivity index (χ3v) is 5.21. The van der Waals surface area contributed by atoms with Crippen molar-refractivity contribution in [3.05, 3.63) is 50.3 Å². The van der Waals surface area contributed by atoms with Crippen molar-refractivity contribution in [1.82, 2.24) is 14.9 Å². The molecule has 0 saturated heterocycles. The predicted octanol–water partition coefficient (Wildman–Crippen LogP) is 1.92. The second kappa shape index (κ2) is 6.75. The number of aromatic nitrogens is 2. The van der Waals surface area contributed by atoms with Gasteiger partial charge in [-0.05, 0) is 25.5 Å². The van der Waals surface area contributed by atoms with E-state index >= 15 is 0 Å². The lowest BCUT2D eigenvalue weighted by Gasteiger charge is -2.02. The zero-order valence-electron chi connectivity index (χ0n) is 14.7. The van der Waals surface area contributed by atoms with E-state index in [0.717, 1.165) is 0 Å². The van der Waals surface area contributed by atoms with E-state index in [0.29, 0.717) is 37.7 Å². The van der Waals surface area contributed by atoms with Crippen LogP contribution in [0, 0.1) is 13.8 Å². The third-order valence-electron chi connectivity index (χ3n) is 4.01. The molecule has 8 nitrogen and oxygen atoms in total. The van der Waals surface area contributed by atoms with Gasteiger partial charge in [0, 0.05) is 7.05 Å². The molecule has 0 aliphatic rings. The van der Waals surface area contributed by atoms with Crippen molar-refractivity contribution >= 4 is 33.4 Å². The summed E-state index contributed by atoms with van der Waals surface area (Å²) in [7, 11) is 2.91. The first-order chi connectivity index (χ1) is 12.3. The lowest BCUT2D eigenvalue weighted by molar-refractivity contribution is 0.0598. The number of ether oxygens (including phenoxy) is 1. The highest BCUT2D eigenvalue weighted by molar-refractivity contribution is 7.20. The molecule has 3 aromatic heterocycles. The fourth-order valence-electron chi connectivity index (χ4n) is 2.62. The second-order valence-electron chi connectivity index (χ2n) is 5.75. The fraction of sp³-hybridized carbons (Fsp3) is 0.294. The SMILES string of the molecule is COC(=O)c1cc(CNC(=O)c2sc3ncn(C)c(=O)c3c2C)oc1C. The number of hydrogen-bond donors (Lipinski definition) is 1. The Kier molecular flexibility index (Phi) is 4.64. The third kappa shape index (κ3) is 3.01. The maximum Gasteiger partial charge on any atom is 0.341 e. The average molecular weight is 375 g/mol. The molecule has 3 rings (SSSR count). The molecule has 3 heterocycles. The van der Waals surface area contributed by atoms with Crippen LogP contribution < -0.4 is 10.9 Å². The molecule has 0 spiro atoms. The van der Waals surface area contributed by atoms with E-state index in [1.807, 2.05) is 0 Å². The summed E-state index contributed by atoms with van der Waals surface area (Å²) >= 11 is 1.17. The van der Waals surface area contributed by atoms with Crippen LogP contribution in [0.5, 0.6) is 0 Å². The van der Waals surface area contributed by atoms with Crippen LogP contribution in [0.4, 0.5) is 0 Å². The average Bonchev–Trinajstić information content (AvgIpc) is 3.16. The number of hydrogen-bond acceptors (Lipinski definition) is 7. The van der Waals surface area contributed by atoms with Crippen LogP contribution in [-0.4, -0.2) is 28.5 Å². The number of carbonyl (C=O) groups is 2. The molecule has 1 N–H and O–H groups in total. The first-order valence-electron chi connectivity index (χ1n) is 7.74. The number of thiophene rings is 1. The van der Waals surface area contributed by atoms with Gasteiger partial charge in [-0.1, -0.05) is 0 Å². The highest BCUT2D eigenvalue weighted by Crippen LogP contribution is 2.26. The van der Waals surface area contributed by atoms with Gasteiger partial charge in [-0.15, -0.1) is 11.3 Å². The van der Waals surface area contributed by atoms with E-state index in [1.54, 1.807) is 20.9 Å². The van der Waals surface area contributed by atoms with Crippen LogP contribution in [0.25, 0.3) is 10.2 Å². The maximum absolute atomic E-state index is 12.5. The summed E-state index contributed by atoms with van der Waals surface area (Å²) in [5, 5.41) is 3.19. The van der Waals surface area contributed by atoms with Gasteiger partial charge in [0.15, 0.2) is 0 Å². The number of furan rings is 1. The van der Waals surface area contributed by atoms with Crippen molar-refractivity contribution in [2.45, 2.75) is 20.4 Å². The predicted molar refractivity (Wildman–Crippen MR) is 95.6 cm³/mol. The van der Waals surface area contributed by atoms with E-state index in [9.17, 15) is 14.4 Å². The smallest absolute Gasteiger partial charge is 0.341 e. The second-order valence-corrected chi connectivity index (χ2v) is 6.75. The number of rotatable bonds is 4. The Hall–Kier alpha value is -2.94. The normalized spacial score (nSPS) is 10.9. The van der Waals surface area contributed by atoms with Gasteiger partial charge in [0.1, 0.15) is 21.9 Å². The molecule has 1 amide bonds. The van der Waals surface area contributed by atoms with Crippen molar-refractivity contribution in [2.24, 2.45) is 7.05 Å². The highest BCUT2D eigenvalue weighted by Gasteiger charge is 2.20. The monoisotopic (exact) mass is 375 g/mol. The summed E-state index contributed by atoms with van der Waals surface area (Å²) in [6, 6.07) is 1.54. The molecule has 26 heavy (non-hydrogen) atoms. The standard InChI is InChI=1S/C17H17N3O5S/c1-8-12-15(19-7-20(3)16(12)22)26-13(8)14(21)18-6-10-5-11(9(2)25-10)17(23)24-4/h5,7H,6H2,1-4H3,(H,18,21). The van der Waals surface area contributed by atoms with Crippen molar-refractivity contribution in [3.63, 3.8) is 0 Å². The number of carbonyl (C=O) groups excluding carboxylic acids is 2. The van der Waals surface area contributed by atoms with Crippen LogP contribution in [-0.2, 0) is 18.3 Å². The molecule has 0 bridgehead atoms. The molecular formula is C17H17N3O5S. The quantitative estimate of drug-likeness (QED) is 0.699. The van der Waals surface area contributed by atoms with Crippen LogP contribution in [0.1, 0.15) is 37.1 Å². The molecule has 0 aliphatic heterocycles. The van der Waals surface area contributed by atoms with Gasteiger partial charge in [-0.3, -0.25) is 9.59 Å². The molecular weight excluding hydrogens is 358 g/mol. The number of nitrogens with one attached hydrogen (secondary N) is 1. The lowest BCUT2D eigenvalue weighted by Crippen LogP contribution is -2.22. The Morgan fingerprint density at radius 1 is 1.38 bits per heavy atom. The zero-order valence-corrected chi connectivity index (χ0v) is 15.5. The summed E-state index contributed by atoms with van der Waals surface area (Å²) in [4.78, 5) is 41.5. The molecule has 0 unspecified atom stereocenters. The minimum Gasteiger partial charge on any atom is -0.465 e. The molecule has 9 heteroatoms. The first-order valence-corrected chi connectivity index (χ1v) is 8.55. The maximum atomic E-state index is 12.5. The topological polar surface area (TPSA) is 103 Å². The first kappa shape index (κ1) is 17.9. The Morgan fingerprint density at radius 3 is 2.81 bits per heavy atom. The van der Waals surface area contributed by atoms with Gasteiger partial charge in [-0.25, -0.2) is 9.78 Å². The molecule has 0 fully saturated rings. The van der Waals surface area contributed by atoms with Crippen molar-refractivity contribution in [2.75, 3.05) is 7.11 Å². The summed E-state index contributed by atoms with van der Waals surface area (Å²) < 4.78 is 11.5. The number of aryl methyl sites for hydroxylation is 3. The van der Waals surface area contributed by atoms with Crippen LogP contribution in [0.3, 0.4) is 0 Å². The molecule has 0 saturated carbocycles. The largest absolute Gasteiger partial charge is 0.465 e. The van der Waals surface area contributed by atoms with Gasteiger partial charge in [0.2, 0.25) is 0 Å². The summed E-state index contributed by atoms with van der Waals surface area (Å²) in [6.45, 7) is 3.48. The number of fused-ring (bicyclic) bond motifs is 1. The Bertz CT molecular complexity index is 1080. The molecule has 3 aromatic rings. The number of amides is 1. The van der Waals surface area contributed by atoms with Crippen LogP contribution >= 0.6 is 11.3 Å². The van der Waals surface area contributed by atoms with Crippen molar-refractivity contribution in [1.29, 1.82) is 0 Å². The molecule has 0 atom stereocenters. The van der Waals surface area contributed by atoms with Gasteiger partial charge in [-0.2, -0.15) is 0 Å². The summed E-state index contributed by atoms with van der Waals surface area (Å²) in [6.07, 6.45) is 1.43. The number of nitrogens with zero attached hydrogens (tertiary/aromatic N) is 2. The van der Waals surface area contributed by atoms with Gasteiger partial charge >= 0.3 is 5.97 Å². The molecule has 0 radical (unpaired) electrons. The lowest BCUT2D eigenvalue weighted by atomic mass is 10.2. The van der Waals surface area contributed by atoms with E-state index in [4.69, 9.17) is 4.42 Å². The van der Waals surface area contributed by atoms with Crippen molar-refractivity contribution < 1.29 is 18.7 Å². The van der Waals surface area contributed by atoms with Gasteiger partial charge < -0.3 is 19.0 Å². The highest BCUT2D eigenvalue weighted by atomic mass is 32.1. The Balaban J connectivity index is 1.82. The van der Waals surface area contributed by atoms with Gasteiger partial charge in [0.05, 0.1) is 30.2 Å². The summed E-state index contributed by atoms with van der Waals surface area (Å²) in [5.74, 6) is 0.0308. The van der Waals surface area contributed by atoms with Gasteiger partial charge in [0.25, 0.3) is 11.5 Å². The Labute approximate surface area is 152 Å². The minimum absolute atomic E-state index is 0.107. The minimum atomic E-state index is -0.494. The molecule has 0 aliphatic carbocycles. The van der Waals surface area contributed by atoms with Crippen molar-refractivity contribution in [3.8, 4) is 0 Å². The van der Waals surface area contributed by atoms with E-state index < -0.39 is 5.97 Å². The fourth-order valence-corrected chi connectivity index (χ4v) is 3.67. The molecule has 0 aromatic carbocycles. The summed E-state index contributed by atoms with van der Waals surface area (Å²) in [5.41, 5.74) is 0.733. The van der Waals surface area contributed by atoms with E-state index in [-0.39, 0.29) is 18.0 Å². The van der Waals surface area contributed by atoms with E-state index in [1.165, 1.54) is 35.4 Å². The van der Waals surface area contributed by atoms with Crippen LogP contribution in [0.15, 0.2) is 21.6 Å².